The number of fused-ring (bicyclic) bond motifs is 5. The van der Waals surface area contributed by atoms with E-state index in [0.29, 0.717) is 31.1 Å². The van der Waals surface area contributed by atoms with Crippen molar-refractivity contribution in [1.82, 2.24) is 0 Å². The van der Waals surface area contributed by atoms with E-state index in [9.17, 15) is 34.8 Å². The number of Topliss-reactive ketones (excluding diaryl/α,β-unsaturated/α-hetero) is 2. The first-order valence-electron chi connectivity index (χ1n) is 17.5. The van der Waals surface area contributed by atoms with Crippen LogP contribution >= 0.6 is 0 Å². The van der Waals surface area contributed by atoms with Gasteiger partial charge in [-0.3, -0.25) is 9.59 Å². The Bertz CT molecular complexity index is 1210. The van der Waals surface area contributed by atoms with Crippen LogP contribution in [-0.2, 0) is 28.6 Å². The predicted octanol–water partition coefficient (Wildman–Crippen LogP) is 4.27. The summed E-state index contributed by atoms with van der Waals surface area (Å²) >= 11 is 0. The maximum absolute atomic E-state index is 13.9. The molecule has 5 aliphatic rings. The number of methoxy groups -OCH3 is 1. The summed E-state index contributed by atoms with van der Waals surface area (Å²) < 4.78 is 16.5. The standard InChI is InChI=1S/C36H56O10/c1-8-21(17(2)3)24(37)15-18(4)25-27(38)28(39)26-22-10-9-19-16-20(11-13-35(19,5)23(22)12-14-36(25,26)6)45-34-31(42)29(40)30(41)32(46-34)33(43)44-7/h17-23,26,29-32,34,38,40-42H,8-16H2,1-7H3/t18-,19+,20+,21-,22-,23+,26+,29+,30+,31-,32+,34-,35+,36-/m1/s1. The Morgan fingerprint density at radius 2 is 1.70 bits per heavy atom. The van der Waals surface area contributed by atoms with Crippen LogP contribution in [0.4, 0.5) is 0 Å². The van der Waals surface area contributed by atoms with E-state index >= 15 is 0 Å². The number of aliphatic hydroxyl groups is 4. The molecule has 4 N–H and O–H groups in total. The van der Waals surface area contributed by atoms with Gasteiger partial charge in [0.2, 0.25) is 5.78 Å². The summed E-state index contributed by atoms with van der Waals surface area (Å²) in [7, 11) is 1.16. The van der Waals surface area contributed by atoms with E-state index in [1.807, 2.05) is 13.8 Å². The number of allylic oxidation sites excluding steroid dienone is 2. The van der Waals surface area contributed by atoms with Gasteiger partial charge in [0.25, 0.3) is 0 Å². The van der Waals surface area contributed by atoms with Gasteiger partial charge in [0.1, 0.15) is 24.1 Å². The number of aliphatic hydroxyl groups excluding tert-OH is 4. The van der Waals surface area contributed by atoms with Crippen LogP contribution in [0, 0.1) is 52.3 Å². The van der Waals surface area contributed by atoms with Crippen molar-refractivity contribution < 1.29 is 49.0 Å². The summed E-state index contributed by atoms with van der Waals surface area (Å²) in [6, 6.07) is 0. The Morgan fingerprint density at radius 3 is 2.33 bits per heavy atom. The molecule has 3 saturated carbocycles. The van der Waals surface area contributed by atoms with Crippen LogP contribution in [0.1, 0.15) is 99.3 Å². The van der Waals surface area contributed by atoms with E-state index in [-0.39, 0.29) is 58.4 Å². The van der Waals surface area contributed by atoms with Crippen molar-refractivity contribution >= 4 is 17.5 Å². The molecule has 14 atom stereocenters. The van der Waals surface area contributed by atoms with Crippen molar-refractivity contribution in [3.63, 3.8) is 0 Å². The molecule has 0 aromatic heterocycles. The summed E-state index contributed by atoms with van der Waals surface area (Å²) in [5.41, 5.74) is 0.300. The Balaban J connectivity index is 1.28. The first-order chi connectivity index (χ1) is 21.6. The van der Waals surface area contributed by atoms with Gasteiger partial charge >= 0.3 is 5.97 Å². The molecule has 0 aromatic carbocycles. The van der Waals surface area contributed by atoms with Gasteiger partial charge in [-0.25, -0.2) is 4.79 Å². The van der Waals surface area contributed by atoms with E-state index in [2.05, 4.69) is 27.7 Å². The first kappa shape index (κ1) is 35.5. The summed E-state index contributed by atoms with van der Waals surface area (Å²) in [4.78, 5) is 39.3. The Kier molecular flexibility index (Phi) is 10.2. The highest BCUT2D eigenvalue weighted by atomic mass is 16.7. The van der Waals surface area contributed by atoms with Gasteiger partial charge in [-0.2, -0.15) is 0 Å². The normalized spacial score (nSPS) is 43.8. The molecule has 1 aliphatic heterocycles. The average Bonchev–Trinajstić information content (AvgIpc) is 3.21. The quantitative estimate of drug-likeness (QED) is 0.210. The van der Waals surface area contributed by atoms with Crippen LogP contribution in [0.15, 0.2) is 11.3 Å². The Hall–Kier alpha value is -1.85. The highest BCUT2D eigenvalue weighted by molar-refractivity contribution is 6.00. The largest absolute Gasteiger partial charge is 0.504 e. The summed E-state index contributed by atoms with van der Waals surface area (Å²) in [6.45, 7) is 12.7. The van der Waals surface area contributed by atoms with Crippen molar-refractivity contribution in [2.75, 3.05) is 7.11 Å². The second-order valence-electron chi connectivity index (χ2n) is 15.9. The molecule has 0 unspecified atom stereocenters. The summed E-state index contributed by atoms with van der Waals surface area (Å²) in [5, 5.41) is 42.6. The van der Waals surface area contributed by atoms with Crippen LogP contribution in [0.25, 0.3) is 0 Å². The van der Waals surface area contributed by atoms with Gasteiger partial charge in [0.05, 0.1) is 13.2 Å². The number of hydrogen-bond acceptors (Lipinski definition) is 10. The zero-order valence-corrected chi connectivity index (χ0v) is 28.6. The Morgan fingerprint density at radius 1 is 1.00 bits per heavy atom. The minimum Gasteiger partial charge on any atom is -0.504 e. The Labute approximate surface area is 273 Å². The third kappa shape index (κ3) is 5.78. The number of ketones is 2. The molecule has 4 aliphatic carbocycles. The van der Waals surface area contributed by atoms with Crippen LogP contribution in [0.2, 0.25) is 0 Å². The van der Waals surface area contributed by atoms with Crippen molar-refractivity contribution in [2.24, 2.45) is 52.3 Å². The fourth-order valence-electron chi connectivity index (χ4n) is 10.8. The second-order valence-corrected chi connectivity index (χ2v) is 15.9. The van der Waals surface area contributed by atoms with E-state index in [0.717, 1.165) is 51.2 Å². The molecule has 10 nitrogen and oxygen atoms in total. The third-order valence-electron chi connectivity index (χ3n) is 13.2. The SMILES string of the molecule is CC[C@@H](C(=O)C[C@@H](C)C1=C(O)C(=O)[C@@H]2[C@@H]3CC[C@H]4C[C@@H](O[C@@H]5O[C@H](C(=O)OC)[C@@H](O)[C@H](O)[C@H]5O)CC[C@]4(C)[C@H]3CC[C@]12C)C(C)C. The number of ether oxygens (including phenoxy) is 3. The van der Waals surface area contributed by atoms with E-state index in [1.165, 1.54) is 0 Å². The van der Waals surface area contributed by atoms with E-state index in [1.54, 1.807) is 0 Å². The molecule has 0 bridgehead atoms. The molecular weight excluding hydrogens is 592 g/mol. The molecule has 0 spiro atoms. The molecule has 10 heteroatoms. The van der Waals surface area contributed by atoms with Gasteiger partial charge in [-0.15, -0.1) is 0 Å². The lowest BCUT2D eigenvalue weighted by Gasteiger charge is -2.60. The zero-order valence-electron chi connectivity index (χ0n) is 28.6. The monoisotopic (exact) mass is 648 g/mol. The van der Waals surface area contributed by atoms with Crippen molar-refractivity contribution in [3.05, 3.63) is 11.3 Å². The average molecular weight is 649 g/mol. The first-order valence-corrected chi connectivity index (χ1v) is 17.5. The molecule has 0 aromatic rings. The van der Waals surface area contributed by atoms with Crippen LogP contribution in [0.3, 0.4) is 0 Å². The maximum Gasteiger partial charge on any atom is 0.337 e. The van der Waals surface area contributed by atoms with Gasteiger partial charge in [0, 0.05) is 23.7 Å². The lowest BCUT2D eigenvalue weighted by molar-refractivity contribution is -0.310. The minimum absolute atomic E-state index is 0.0187. The summed E-state index contributed by atoms with van der Waals surface area (Å²) in [5.74, 6) is -0.364. The molecule has 46 heavy (non-hydrogen) atoms. The minimum atomic E-state index is -1.63. The molecular formula is C36H56O10. The van der Waals surface area contributed by atoms with Crippen molar-refractivity contribution in [3.8, 4) is 0 Å². The highest BCUT2D eigenvalue weighted by Crippen LogP contribution is 2.67. The van der Waals surface area contributed by atoms with Crippen molar-refractivity contribution in [2.45, 2.75) is 136 Å². The molecule has 1 saturated heterocycles. The van der Waals surface area contributed by atoms with Gasteiger partial charge in [-0.05, 0) is 91.9 Å². The van der Waals surface area contributed by atoms with E-state index in [4.69, 9.17) is 14.2 Å². The number of carbonyl (C=O) groups excluding carboxylic acids is 3. The number of rotatable bonds is 9. The lowest BCUT2D eigenvalue weighted by atomic mass is 9.44. The molecule has 260 valence electrons. The second kappa shape index (κ2) is 13.2. The zero-order chi connectivity index (χ0) is 33.9. The smallest absolute Gasteiger partial charge is 0.337 e. The van der Waals surface area contributed by atoms with Gasteiger partial charge in [0.15, 0.2) is 18.2 Å². The van der Waals surface area contributed by atoms with Gasteiger partial charge in [-0.1, -0.05) is 41.5 Å². The van der Waals surface area contributed by atoms with Crippen LogP contribution in [0.5, 0.6) is 0 Å². The molecule has 4 fully saturated rings. The lowest BCUT2D eigenvalue weighted by Crippen LogP contribution is -2.61. The van der Waals surface area contributed by atoms with Crippen molar-refractivity contribution in [1.29, 1.82) is 0 Å². The molecule has 0 radical (unpaired) electrons. The summed E-state index contributed by atoms with van der Waals surface area (Å²) in [6.07, 6.45) is -0.911. The number of esters is 1. The maximum atomic E-state index is 13.9. The van der Waals surface area contributed by atoms with Crippen LogP contribution < -0.4 is 0 Å². The van der Waals surface area contributed by atoms with Gasteiger partial charge < -0.3 is 34.6 Å². The molecule has 1 heterocycles. The molecule has 5 rings (SSSR count). The number of carbonyl (C=O) groups is 3. The van der Waals surface area contributed by atoms with E-state index < -0.39 is 42.1 Å². The predicted molar refractivity (Wildman–Crippen MR) is 168 cm³/mol. The topological polar surface area (TPSA) is 160 Å². The highest BCUT2D eigenvalue weighted by Gasteiger charge is 2.63. The molecule has 0 amide bonds. The fourth-order valence-corrected chi connectivity index (χ4v) is 10.8. The third-order valence-corrected chi connectivity index (χ3v) is 13.2. The number of hydrogen-bond donors (Lipinski definition) is 4. The fraction of sp³-hybridized carbons (Fsp3) is 0.861. The van der Waals surface area contributed by atoms with Crippen LogP contribution in [-0.4, -0.2) is 81.9 Å².